The summed E-state index contributed by atoms with van der Waals surface area (Å²) in [5.41, 5.74) is -0.287. The van der Waals surface area contributed by atoms with Gasteiger partial charge in [-0.15, -0.1) is 0 Å². The molecule has 1 saturated carbocycles. The molecule has 1 rings (SSSR count). The second kappa shape index (κ2) is 2.83. The smallest absolute Gasteiger partial charge is 0.103 e. The molecular formula is C9H16N2. The van der Waals surface area contributed by atoms with Crippen LogP contribution < -0.4 is 0 Å². The van der Waals surface area contributed by atoms with Crippen molar-refractivity contribution >= 4 is 0 Å². The highest BCUT2D eigenvalue weighted by atomic mass is 15.2. The van der Waals surface area contributed by atoms with Crippen LogP contribution in [0.5, 0.6) is 0 Å². The second-order valence-corrected chi connectivity index (χ2v) is 3.87. The average Bonchev–Trinajstić information content (AvgIpc) is 1.84. The third-order valence-electron chi connectivity index (χ3n) is 2.78. The number of nitrogens with zero attached hydrogens (tertiary/aromatic N) is 2. The van der Waals surface area contributed by atoms with Crippen LogP contribution in [0.2, 0.25) is 0 Å². The van der Waals surface area contributed by atoms with E-state index in [1.165, 1.54) is 19.3 Å². The van der Waals surface area contributed by atoms with E-state index in [9.17, 15) is 0 Å². The molecule has 1 aliphatic rings. The topological polar surface area (TPSA) is 27.0 Å². The second-order valence-electron chi connectivity index (χ2n) is 3.87. The zero-order chi connectivity index (χ0) is 8.48. The predicted octanol–water partition coefficient (Wildman–Crippen LogP) is 1.77. The molecule has 0 spiro atoms. The Morgan fingerprint density at radius 3 is 2.27 bits per heavy atom. The van der Waals surface area contributed by atoms with Crippen molar-refractivity contribution < 1.29 is 0 Å². The van der Waals surface area contributed by atoms with Crippen molar-refractivity contribution in [2.24, 2.45) is 0 Å². The fraction of sp³-hybridized carbons (Fsp3) is 0.889. The van der Waals surface area contributed by atoms with Crippen LogP contribution in [0.3, 0.4) is 0 Å². The van der Waals surface area contributed by atoms with Crippen LogP contribution in [-0.4, -0.2) is 23.5 Å². The maximum absolute atomic E-state index is 8.84. The minimum Gasteiger partial charge on any atom is -0.286 e. The molecule has 0 aromatic carbocycles. The first-order valence-electron chi connectivity index (χ1n) is 4.22. The van der Waals surface area contributed by atoms with E-state index in [0.29, 0.717) is 6.04 Å². The molecule has 2 heteroatoms. The minimum absolute atomic E-state index is 0.287. The van der Waals surface area contributed by atoms with Crippen molar-refractivity contribution in [3.05, 3.63) is 0 Å². The van der Waals surface area contributed by atoms with Gasteiger partial charge in [0.15, 0.2) is 0 Å². The maximum Gasteiger partial charge on any atom is 0.103 e. The van der Waals surface area contributed by atoms with Gasteiger partial charge < -0.3 is 0 Å². The summed E-state index contributed by atoms with van der Waals surface area (Å²) in [5, 5.41) is 8.84. The molecule has 0 aliphatic heterocycles. The normalized spacial score (nSPS) is 19.5. The van der Waals surface area contributed by atoms with Gasteiger partial charge in [-0.2, -0.15) is 5.26 Å². The van der Waals surface area contributed by atoms with Crippen molar-refractivity contribution in [2.75, 3.05) is 7.05 Å². The van der Waals surface area contributed by atoms with Gasteiger partial charge >= 0.3 is 0 Å². The van der Waals surface area contributed by atoms with Crippen molar-refractivity contribution in [2.45, 2.75) is 44.7 Å². The lowest BCUT2D eigenvalue weighted by atomic mass is 9.88. The third-order valence-corrected chi connectivity index (χ3v) is 2.78. The van der Waals surface area contributed by atoms with Crippen molar-refractivity contribution in [3.63, 3.8) is 0 Å². The van der Waals surface area contributed by atoms with Gasteiger partial charge in [0.25, 0.3) is 0 Å². The van der Waals surface area contributed by atoms with Crippen molar-refractivity contribution in [1.29, 1.82) is 5.26 Å². The van der Waals surface area contributed by atoms with E-state index in [2.05, 4.69) is 11.0 Å². The highest BCUT2D eigenvalue weighted by Gasteiger charge is 2.32. The monoisotopic (exact) mass is 152 g/mol. The zero-order valence-corrected chi connectivity index (χ0v) is 7.59. The Labute approximate surface area is 68.8 Å². The van der Waals surface area contributed by atoms with E-state index >= 15 is 0 Å². The van der Waals surface area contributed by atoms with E-state index in [-0.39, 0.29) is 5.54 Å². The Bertz CT molecular complexity index is 174. The van der Waals surface area contributed by atoms with Gasteiger partial charge in [0.05, 0.1) is 6.07 Å². The highest BCUT2D eigenvalue weighted by molar-refractivity contribution is 5.03. The number of nitriles is 1. The molecule has 0 unspecified atom stereocenters. The van der Waals surface area contributed by atoms with Gasteiger partial charge in [0.1, 0.15) is 5.54 Å². The Kier molecular flexibility index (Phi) is 2.20. The fourth-order valence-electron chi connectivity index (χ4n) is 1.31. The van der Waals surface area contributed by atoms with Crippen molar-refractivity contribution in [3.8, 4) is 6.07 Å². The van der Waals surface area contributed by atoms with E-state index in [0.717, 1.165) is 0 Å². The maximum atomic E-state index is 8.84. The van der Waals surface area contributed by atoms with Gasteiger partial charge in [-0.1, -0.05) is 6.42 Å². The van der Waals surface area contributed by atoms with E-state index in [1.807, 2.05) is 20.9 Å². The zero-order valence-electron chi connectivity index (χ0n) is 7.59. The first-order valence-corrected chi connectivity index (χ1v) is 4.22. The summed E-state index contributed by atoms with van der Waals surface area (Å²) in [7, 11) is 2.05. The van der Waals surface area contributed by atoms with Gasteiger partial charge in [0.2, 0.25) is 0 Å². The minimum atomic E-state index is -0.287. The van der Waals surface area contributed by atoms with Crippen LogP contribution in [-0.2, 0) is 0 Å². The van der Waals surface area contributed by atoms with Gasteiger partial charge in [0, 0.05) is 6.04 Å². The summed E-state index contributed by atoms with van der Waals surface area (Å²) < 4.78 is 0. The molecule has 0 aromatic rings. The number of hydrogen-bond acceptors (Lipinski definition) is 2. The van der Waals surface area contributed by atoms with E-state index < -0.39 is 0 Å². The predicted molar refractivity (Wildman–Crippen MR) is 45.1 cm³/mol. The molecule has 0 heterocycles. The van der Waals surface area contributed by atoms with Gasteiger partial charge in [-0.05, 0) is 33.7 Å². The molecule has 0 N–H and O–H groups in total. The first-order chi connectivity index (χ1) is 5.08. The van der Waals surface area contributed by atoms with Crippen LogP contribution in [0.15, 0.2) is 0 Å². The van der Waals surface area contributed by atoms with Crippen LogP contribution in [0.1, 0.15) is 33.1 Å². The summed E-state index contributed by atoms with van der Waals surface area (Å²) in [6.07, 6.45) is 3.86. The SMILES string of the molecule is CN(C1CCC1)C(C)(C)C#N. The Balaban J connectivity index is 2.52. The summed E-state index contributed by atoms with van der Waals surface area (Å²) in [6, 6.07) is 2.97. The summed E-state index contributed by atoms with van der Waals surface area (Å²) in [4.78, 5) is 2.19. The molecule has 11 heavy (non-hydrogen) atoms. The summed E-state index contributed by atoms with van der Waals surface area (Å²) in [5.74, 6) is 0. The van der Waals surface area contributed by atoms with E-state index in [1.54, 1.807) is 0 Å². The molecule has 0 saturated heterocycles. The fourth-order valence-corrected chi connectivity index (χ4v) is 1.31. The Morgan fingerprint density at radius 1 is 1.45 bits per heavy atom. The third kappa shape index (κ3) is 1.54. The average molecular weight is 152 g/mol. The Hall–Kier alpha value is -0.550. The molecule has 0 amide bonds. The molecule has 0 bridgehead atoms. The van der Waals surface area contributed by atoms with Crippen LogP contribution in [0.25, 0.3) is 0 Å². The molecule has 0 radical (unpaired) electrons. The molecule has 1 aliphatic carbocycles. The molecule has 2 nitrogen and oxygen atoms in total. The molecule has 62 valence electrons. The highest BCUT2D eigenvalue weighted by Crippen LogP contribution is 2.28. The standard InChI is InChI=1S/C9H16N2/c1-9(2,7-10)11(3)8-5-4-6-8/h8H,4-6H2,1-3H3. The summed E-state index contributed by atoms with van der Waals surface area (Å²) in [6.45, 7) is 3.96. The quantitative estimate of drug-likeness (QED) is 0.603. The lowest BCUT2D eigenvalue weighted by Gasteiger charge is -2.41. The van der Waals surface area contributed by atoms with Gasteiger partial charge in [-0.25, -0.2) is 0 Å². The van der Waals surface area contributed by atoms with Crippen LogP contribution in [0.4, 0.5) is 0 Å². The van der Waals surface area contributed by atoms with Gasteiger partial charge in [-0.3, -0.25) is 4.90 Å². The largest absolute Gasteiger partial charge is 0.286 e. The lowest BCUT2D eigenvalue weighted by Crippen LogP contribution is -2.49. The summed E-state index contributed by atoms with van der Waals surface area (Å²) >= 11 is 0. The van der Waals surface area contributed by atoms with Crippen molar-refractivity contribution in [1.82, 2.24) is 4.90 Å². The molecule has 0 atom stereocenters. The molecule has 1 fully saturated rings. The van der Waals surface area contributed by atoms with Crippen LogP contribution >= 0.6 is 0 Å². The van der Waals surface area contributed by atoms with E-state index in [4.69, 9.17) is 5.26 Å². The molecule has 0 aromatic heterocycles. The Morgan fingerprint density at radius 2 is 2.00 bits per heavy atom. The molecular weight excluding hydrogens is 136 g/mol. The van der Waals surface area contributed by atoms with Crippen LogP contribution in [0, 0.1) is 11.3 Å². The number of hydrogen-bond donors (Lipinski definition) is 0. The first kappa shape index (κ1) is 8.55. The number of rotatable bonds is 2. The lowest BCUT2D eigenvalue weighted by molar-refractivity contribution is 0.0900.